The lowest BCUT2D eigenvalue weighted by molar-refractivity contribution is -0.144. The summed E-state index contributed by atoms with van der Waals surface area (Å²) in [5.41, 5.74) is -1.26. The van der Waals surface area contributed by atoms with E-state index in [1.807, 2.05) is 0 Å². The topological polar surface area (TPSA) is 95.9 Å². The molecule has 2 N–H and O–H groups in total. The molecule has 2 rings (SSSR count). The molecule has 118 valence electrons. The Labute approximate surface area is 123 Å². The highest BCUT2D eigenvalue weighted by atomic mass is 16.5. The summed E-state index contributed by atoms with van der Waals surface area (Å²) >= 11 is 0. The van der Waals surface area contributed by atoms with Crippen LogP contribution in [0.3, 0.4) is 0 Å². The number of hydrogen-bond acceptors (Lipinski definition) is 4. The molecule has 1 unspecified atom stereocenters. The number of ether oxygens (including phenoxy) is 1. The SMILES string of the molecule is CCOC(=O)CN(C(=O)NC(C)(C(=O)O)C1CC1)C1CC1. The Balaban J connectivity index is 2.01. The second kappa shape index (κ2) is 5.91. The van der Waals surface area contributed by atoms with Gasteiger partial charge in [0.2, 0.25) is 0 Å². The molecule has 0 aliphatic heterocycles. The number of hydrogen-bond donors (Lipinski definition) is 2. The van der Waals surface area contributed by atoms with Gasteiger partial charge in [-0.2, -0.15) is 0 Å². The molecular weight excluding hydrogens is 276 g/mol. The third-order valence-electron chi connectivity index (χ3n) is 4.06. The lowest BCUT2D eigenvalue weighted by Gasteiger charge is -2.30. The minimum atomic E-state index is -1.26. The van der Waals surface area contributed by atoms with Crippen molar-refractivity contribution in [3.05, 3.63) is 0 Å². The van der Waals surface area contributed by atoms with E-state index in [4.69, 9.17) is 4.74 Å². The number of carboxylic acid groups (broad SMARTS) is 1. The van der Waals surface area contributed by atoms with E-state index in [9.17, 15) is 19.5 Å². The minimum absolute atomic E-state index is 0.00616. The molecule has 0 heterocycles. The summed E-state index contributed by atoms with van der Waals surface area (Å²) in [5, 5.41) is 12.0. The van der Waals surface area contributed by atoms with Crippen LogP contribution in [0.2, 0.25) is 0 Å². The average molecular weight is 298 g/mol. The summed E-state index contributed by atoms with van der Waals surface area (Å²) in [7, 11) is 0. The first-order valence-electron chi connectivity index (χ1n) is 7.36. The zero-order chi connectivity index (χ0) is 15.6. The number of amides is 2. The number of urea groups is 1. The first-order chi connectivity index (χ1) is 9.88. The molecule has 2 saturated carbocycles. The Morgan fingerprint density at radius 3 is 2.33 bits per heavy atom. The van der Waals surface area contributed by atoms with Crippen molar-refractivity contribution < 1.29 is 24.2 Å². The van der Waals surface area contributed by atoms with Crippen LogP contribution in [0, 0.1) is 5.92 Å². The number of carboxylic acids is 1. The zero-order valence-electron chi connectivity index (χ0n) is 12.4. The Bertz CT molecular complexity index is 445. The molecular formula is C14H22N2O5. The van der Waals surface area contributed by atoms with Crippen molar-refractivity contribution in [2.75, 3.05) is 13.2 Å². The van der Waals surface area contributed by atoms with Crippen LogP contribution in [0.5, 0.6) is 0 Å². The molecule has 0 aromatic rings. The number of carbonyl (C=O) groups is 3. The standard InChI is InChI=1S/C14H22N2O5/c1-3-21-11(17)8-16(10-6-7-10)13(20)15-14(2,12(18)19)9-4-5-9/h9-10H,3-8H2,1-2H3,(H,15,20)(H,18,19). The van der Waals surface area contributed by atoms with Crippen molar-refractivity contribution >= 4 is 18.0 Å². The molecule has 0 bridgehead atoms. The van der Waals surface area contributed by atoms with Crippen LogP contribution < -0.4 is 5.32 Å². The Kier molecular flexibility index (Phi) is 4.39. The van der Waals surface area contributed by atoms with Gasteiger partial charge in [-0.05, 0) is 45.4 Å². The van der Waals surface area contributed by atoms with Crippen LogP contribution in [0.1, 0.15) is 39.5 Å². The van der Waals surface area contributed by atoms with Gasteiger partial charge in [0.05, 0.1) is 6.61 Å². The van der Waals surface area contributed by atoms with Gasteiger partial charge in [-0.15, -0.1) is 0 Å². The van der Waals surface area contributed by atoms with Crippen LogP contribution in [0.15, 0.2) is 0 Å². The third-order valence-corrected chi connectivity index (χ3v) is 4.06. The average Bonchev–Trinajstić information content (AvgIpc) is 3.29. The van der Waals surface area contributed by atoms with E-state index >= 15 is 0 Å². The molecule has 2 aliphatic rings. The van der Waals surface area contributed by atoms with E-state index in [0.29, 0.717) is 0 Å². The maximum atomic E-state index is 12.4. The summed E-state index contributed by atoms with van der Waals surface area (Å²) in [6, 6.07) is -0.492. The highest BCUT2D eigenvalue weighted by Gasteiger charge is 2.50. The molecule has 0 aromatic heterocycles. The Morgan fingerprint density at radius 2 is 1.90 bits per heavy atom. The summed E-state index contributed by atoms with van der Waals surface area (Å²) < 4.78 is 4.86. The molecule has 0 saturated heterocycles. The van der Waals surface area contributed by atoms with Gasteiger partial charge in [-0.25, -0.2) is 9.59 Å². The molecule has 0 radical (unpaired) electrons. The van der Waals surface area contributed by atoms with E-state index in [-0.39, 0.29) is 25.1 Å². The second-order valence-electron chi connectivity index (χ2n) is 5.88. The molecule has 21 heavy (non-hydrogen) atoms. The van der Waals surface area contributed by atoms with Gasteiger partial charge in [0, 0.05) is 6.04 Å². The lowest BCUT2D eigenvalue weighted by Crippen LogP contribution is -2.58. The van der Waals surface area contributed by atoms with E-state index in [1.54, 1.807) is 6.92 Å². The first-order valence-corrected chi connectivity index (χ1v) is 7.36. The van der Waals surface area contributed by atoms with Crippen molar-refractivity contribution in [3.8, 4) is 0 Å². The number of rotatable bonds is 7. The van der Waals surface area contributed by atoms with Crippen LogP contribution in [0.4, 0.5) is 4.79 Å². The fourth-order valence-corrected chi connectivity index (χ4v) is 2.38. The van der Waals surface area contributed by atoms with Crippen LogP contribution in [0.25, 0.3) is 0 Å². The van der Waals surface area contributed by atoms with Gasteiger partial charge in [0.15, 0.2) is 0 Å². The Morgan fingerprint density at radius 1 is 1.29 bits per heavy atom. The van der Waals surface area contributed by atoms with E-state index in [2.05, 4.69) is 5.32 Å². The predicted octanol–water partition coefficient (Wildman–Crippen LogP) is 0.977. The van der Waals surface area contributed by atoms with Gasteiger partial charge < -0.3 is 20.1 Å². The van der Waals surface area contributed by atoms with Crippen LogP contribution in [-0.4, -0.2) is 52.7 Å². The van der Waals surface area contributed by atoms with Gasteiger partial charge in [0.25, 0.3) is 0 Å². The highest BCUT2D eigenvalue weighted by molar-refractivity contribution is 5.88. The normalized spacial score (nSPS) is 20.3. The summed E-state index contributed by atoms with van der Waals surface area (Å²) in [4.78, 5) is 36.8. The van der Waals surface area contributed by atoms with Crippen LogP contribution in [-0.2, 0) is 14.3 Å². The molecule has 7 heteroatoms. The predicted molar refractivity (Wildman–Crippen MR) is 73.7 cm³/mol. The van der Waals surface area contributed by atoms with Crippen molar-refractivity contribution in [1.82, 2.24) is 10.2 Å². The Hall–Kier alpha value is -1.79. The van der Waals surface area contributed by atoms with E-state index in [1.165, 1.54) is 11.8 Å². The van der Waals surface area contributed by atoms with Gasteiger partial charge in [-0.1, -0.05) is 0 Å². The number of carbonyl (C=O) groups excluding carboxylic acids is 2. The number of aliphatic carboxylic acids is 1. The maximum absolute atomic E-state index is 12.4. The van der Waals surface area contributed by atoms with Gasteiger partial charge in [0.1, 0.15) is 12.1 Å². The monoisotopic (exact) mass is 298 g/mol. The summed E-state index contributed by atoms with van der Waals surface area (Å²) in [6.07, 6.45) is 3.26. The number of esters is 1. The quantitative estimate of drug-likeness (QED) is 0.683. The maximum Gasteiger partial charge on any atom is 0.329 e. The molecule has 0 spiro atoms. The number of nitrogens with one attached hydrogen (secondary N) is 1. The van der Waals surface area contributed by atoms with Crippen molar-refractivity contribution in [1.29, 1.82) is 0 Å². The largest absolute Gasteiger partial charge is 0.480 e. The van der Waals surface area contributed by atoms with Gasteiger partial charge in [-0.3, -0.25) is 4.79 Å². The summed E-state index contributed by atoms with van der Waals surface area (Å²) in [6.45, 7) is 3.35. The van der Waals surface area contributed by atoms with Crippen molar-refractivity contribution in [2.45, 2.75) is 51.1 Å². The third kappa shape index (κ3) is 3.65. The van der Waals surface area contributed by atoms with Crippen molar-refractivity contribution in [3.63, 3.8) is 0 Å². The molecule has 1 atom stereocenters. The van der Waals surface area contributed by atoms with Gasteiger partial charge >= 0.3 is 18.0 Å². The molecule has 2 fully saturated rings. The number of nitrogens with zero attached hydrogens (tertiary/aromatic N) is 1. The molecule has 7 nitrogen and oxygen atoms in total. The van der Waals surface area contributed by atoms with E-state index < -0.39 is 23.5 Å². The summed E-state index contributed by atoms with van der Waals surface area (Å²) in [5.74, 6) is -1.55. The molecule has 2 aliphatic carbocycles. The van der Waals surface area contributed by atoms with Crippen LogP contribution >= 0.6 is 0 Å². The zero-order valence-corrected chi connectivity index (χ0v) is 12.4. The molecule has 2 amide bonds. The molecule has 0 aromatic carbocycles. The second-order valence-corrected chi connectivity index (χ2v) is 5.88. The minimum Gasteiger partial charge on any atom is -0.480 e. The van der Waals surface area contributed by atoms with Crippen molar-refractivity contribution in [2.24, 2.45) is 5.92 Å². The lowest BCUT2D eigenvalue weighted by atomic mass is 9.96. The fourth-order valence-electron chi connectivity index (χ4n) is 2.38. The highest BCUT2D eigenvalue weighted by Crippen LogP contribution is 2.40. The first kappa shape index (κ1) is 15.6. The smallest absolute Gasteiger partial charge is 0.329 e. The fraction of sp³-hybridized carbons (Fsp3) is 0.786. The van der Waals surface area contributed by atoms with E-state index in [0.717, 1.165) is 25.7 Å².